The molecule has 1 unspecified atom stereocenters. The van der Waals surface area contributed by atoms with E-state index in [2.05, 4.69) is 58.6 Å². The Morgan fingerprint density at radius 2 is 1.93 bits per heavy atom. The van der Waals surface area contributed by atoms with Gasteiger partial charge in [-0.05, 0) is 47.8 Å². The van der Waals surface area contributed by atoms with Gasteiger partial charge in [0.2, 0.25) is 0 Å². The van der Waals surface area contributed by atoms with Crippen LogP contribution in [0.5, 0.6) is 0 Å². The molecule has 0 saturated carbocycles. The highest BCUT2D eigenvalue weighted by Gasteiger charge is 2.30. The van der Waals surface area contributed by atoms with Crippen molar-refractivity contribution in [2.24, 2.45) is 0 Å². The van der Waals surface area contributed by atoms with Gasteiger partial charge in [-0.1, -0.05) is 12.5 Å². The summed E-state index contributed by atoms with van der Waals surface area (Å²) in [5.41, 5.74) is 1.40. The van der Waals surface area contributed by atoms with E-state index < -0.39 is 0 Å². The van der Waals surface area contributed by atoms with Gasteiger partial charge in [-0.15, -0.1) is 6.58 Å². The second kappa shape index (κ2) is 5.52. The van der Waals surface area contributed by atoms with Crippen molar-refractivity contribution < 1.29 is 0 Å². The highest BCUT2D eigenvalue weighted by Crippen LogP contribution is 2.20. The first kappa shape index (κ1) is 13.7. The van der Waals surface area contributed by atoms with Crippen molar-refractivity contribution in [3.63, 3.8) is 0 Å². The lowest BCUT2D eigenvalue weighted by Gasteiger charge is -2.41. The Morgan fingerprint density at radius 1 is 1.43 bits per heavy atom. The first-order chi connectivity index (χ1) is 6.32. The maximum atomic E-state index is 3.99. The number of hydrogen-bond donors (Lipinski definition) is 1. The van der Waals surface area contributed by atoms with Gasteiger partial charge >= 0.3 is 0 Å². The average molecular weight is 198 g/mol. The molecule has 0 aliphatic rings. The lowest BCUT2D eigenvalue weighted by atomic mass is 9.88. The molecule has 2 heteroatoms. The topological polar surface area (TPSA) is 15.3 Å². The van der Waals surface area contributed by atoms with Gasteiger partial charge in [0.15, 0.2) is 0 Å². The van der Waals surface area contributed by atoms with Crippen LogP contribution in [0.25, 0.3) is 0 Å². The largest absolute Gasteiger partial charge is 0.312 e. The Kier molecular flexibility index (Phi) is 5.38. The third-order valence-corrected chi connectivity index (χ3v) is 3.01. The highest BCUT2D eigenvalue weighted by molar-refractivity contribution is 5.01. The average Bonchev–Trinajstić information content (AvgIpc) is 2.02. The number of rotatable bonds is 6. The Balaban J connectivity index is 4.53. The zero-order valence-electron chi connectivity index (χ0n) is 10.6. The number of nitrogens with zero attached hydrogens (tertiary/aromatic N) is 1. The maximum Gasteiger partial charge on any atom is 0.0303 e. The van der Waals surface area contributed by atoms with E-state index in [1.807, 2.05) is 0 Å². The van der Waals surface area contributed by atoms with Crippen molar-refractivity contribution in [1.29, 1.82) is 0 Å². The third kappa shape index (κ3) is 3.81. The van der Waals surface area contributed by atoms with E-state index in [9.17, 15) is 0 Å². The van der Waals surface area contributed by atoms with E-state index in [-0.39, 0.29) is 5.54 Å². The summed E-state index contributed by atoms with van der Waals surface area (Å²) >= 11 is 0. The van der Waals surface area contributed by atoms with Crippen LogP contribution >= 0.6 is 0 Å². The smallest absolute Gasteiger partial charge is 0.0303 e. The van der Waals surface area contributed by atoms with Crippen molar-refractivity contribution in [1.82, 2.24) is 10.2 Å². The summed E-state index contributed by atoms with van der Waals surface area (Å²) < 4.78 is 0. The van der Waals surface area contributed by atoms with Crippen molar-refractivity contribution in [2.45, 2.75) is 45.7 Å². The van der Waals surface area contributed by atoms with Crippen LogP contribution in [0.1, 0.15) is 34.1 Å². The Hall–Kier alpha value is -0.340. The van der Waals surface area contributed by atoms with Gasteiger partial charge < -0.3 is 10.2 Å². The molecule has 1 atom stereocenters. The van der Waals surface area contributed by atoms with Gasteiger partial charge in [-0.2, -0.15) is 0 Å². The quantitative estimate of drug-likeness (QED) is 0.659. The second-order valence-corrected chi connectivity index (χ2v) is 4.82. The molecule has 0 saturated heterocycles. The summed E-state index contributed by atoms with van der Waals surface area (Å²) in [6.07, 6.45) is 1.04. The Bertz CT molecular complexity index is 183. The van der Waals surface area contributed by atoms with E-state index in [1.165, 1.54) is 5.57 Å². The van der Waals surface area contributed by atoms with Crippen molar-refractivity contribution >= 4 is 0 Å². The highest BCUT2D eigenvalue weighted by atomic mass is 15.2. The van der Waals surface area contributed by atoms with E-state index in [0.29, 0.717) is 6.04 Å². The molecule has 0 aliphatic carbocycles. The molecular formula is C12H26N2. The van der Waals surface area contributed by atoms with Crippen molar-refractivity contribution in [2.75, 3.05) is 20.6 Å². The van der Waals surface area contributed by atoms with Crippen molar-refractivity contribution in [3.8, 4) is 0 Å². The lowest BCUT2D eigenvalue weighted by molar-refractivity contribution is 0.138. The summed E-state index contributed by atoms with van der Waals surface area (Å²) in [6.45, 7) is 13.8. The minimum Gasteiger partial charge on any atom is -0.312 e. The zero-order valence-corrected chi connectivity index (χ0v) is 10.6. The second-order valence-electron chi connectivity index (χ2n) is 4.82. The minimum atomic E-state index is 0.162. The fourth-order valence-electron chi connectivity index (χ4n) is 1.48. The van der Waals surface area contributed by atoms with Crippen LogP contribution in [-0.2, 0) is 0 Å². The molecule has 0 spiro atoms. The first-order valence-corrected chi connectivity index (χ1v) is 5.37. The number of nitrogens with one attached hydrogen (secondary N) is 1. The summed E-state index contributed by atoms with van der Waals surface area (Å²) in [6, 6.07) is 0.472. The summed E-state index contributed by atoms with van der Waals surface area (Å²) in [5.74, 6) is 0. The standard InChI is InChI=1S/C12H26N2/c1-8-13-11(9-10(2)3)12(4,5)14(6)7/h11,13H,2,8-9H2,1,3-7H3. The Labute approximate surface area is 89.4 Å². The molecule has 0 aromatic heterocycles. The zero-order chi connectivity index (χ0) is 11.4. The molecule has 0 aromatic carbocycles. The Morgan fingerprint density at radius 3 is 2.21 bits per heavy atom. The fraction of sp³-hybridized carbons (Fsp3) is 0.833. The van der Waals surface area contributed by atoms with E-state index >= 15 is 0 Å². The van der Waals surface area contributed by atoms with Crippen LogP contribution in [0.3, 0.4) is 0 Å². The summed E-state index contributed by atoms with van der Waals surface area (Å²) in [5, 5.41) is 3.53. The van der Waals surface area contributed by atoms with Gasteiger partial charge in [0, 0.05) is 11.6 Å². The van der Waals surface area contributed by atoms with Crippen LogP contribution in [0.15, 0.2) is 12.2 Å². The van der Waals surface area contributed by atoms with Gasteiger partial charge in [0.25, 0.3) is 0 Å². The number of hydrogen-bond acceptors (Lipinski definition) is 2. The summed E-state index contributed by atoms with van der Waals surface area (Å²) in [7, 11) is 4.26. The molecule has 14 heavy (non-hydrogen) atoms. The molecule has 0 rings (SSSR count). The van der Waals surface area contributed by atoms with Gasteiger partial charge in [-0.3, -0.25) is 0 Å². The molecule has 2 nitrogen and oxygen atoms in total. The van der Waals surface area contributed by atoms with Crippen LogP contribution in [0, 0.1) is 0 Å². The van der Waals surface area contributed by atoms with Crippen LogP contribution in [0.2, 0.25) is 0 Å². The molecule has 0 bridgehead atoms. The normalized spacial score (nSPS) is 14.5. The SMILES string of the molecule is C=C(C)CC(NCC)C(C)(C)N(C)C. The number of likely N-dealkylation sites (N-methyl/N-ethyl adjacent to an activating group) is 2. The monoisotopic (exact) mass is 198 g/mol. The fourth-order valence-corrected chi connectivity index (χ4v) is 1.48. The molecule has 0 aliphatic heterocycles. The predicted molar refractivity (Wildman–Crippen MR) is 64.7 cm³/mol. The van der Waals surface area contributed by atoms with Gasteiger partial charge in [0.1, 0.15) is 0 Å². The third-order valence-electron chi connectivity index (χ3n) is 3.01. The van der Waals surface area contributed by atoms with Gasteiger partial charge in [0.05, 0.1) is 0 Å². The molecule has 0 radical (unpaired) electrons. The van der Waals surface area contributed by atoms with Crippen LogP contribution < -0.4 is 5.32 Å². The molecule has 84 valence electrons. The van der Waals surface area contributed by atoms with E-state index in [4.69, 9.17) is 0 Å². The van der Waals surface area contributed by atoms with E-state index in [1.54, 1.807) is 0 Å². The maximum absolute atomic E-state index is 3.99. The molecular weight excluding hydrogens is 172 g/mol. The molecule has 0 heterocycles. The molecule has 0 amide bonds. The van der Waals surface area contributed by atoms with Gasteiger partial charge in [-0.25, -0.2) is 0 Å². The summed E-state index contributed by atoms with van der Waals surface area (Å²) in [4.78, 5) is 2.27. The predicted octanol–water partition coefficient (Wildman–Crippen LogP) is 2.27. The van der Waals surface area contributed by atoms with E-state index in [0.717, 1.165) is 13.0 Å². The van der Waals surface area contributed by atoms with Crippen molar-refractivity contribution in [3.05, 3.63) is 12.2 Å². The first-order valence-electron chi connectivity index (χ1n) is 5.37. The minimum absolute atomic E-state index is 0.162. The van der Waals surface area contributed by atoms with Crippen LogP contribution in [-0.4, -0.2) is 37.1 Å². The van der Waals surface area contributed by atoms with Crippen LogP contribution in [0.4, 0.5) is 0 Å². The lowest BCUT2D eigenvalue weighted by Crippen LogP contribution is -2.55. The molecule has 1 N–H and O–H groups in total. The molecule has 0 aromatic rings. The molecule has 0 fully saturated rings.